The summed E-state index contributed by atoms with van der Waals surface area (Å²) in [5, 5.41) is 3.08. The molecule has 2 aromatic carbocycles. The van der Waals surface area contributed by atoms with Crippen molar-refractivity contribution in [3.8, 4) is 5.75 Å². The van der Waals surface area contributed by atoms with Crippen LogP contribution in [0.25, 0.3) is 0 Å². The van der Waals surface area contributed by atoms with Gasteiger partial charge in [-0.2, -0.15) is 0 Å². The molecule has 1 N–H and O–H groups in total. The minimum absolute atomic E-state index is 0.0836. The average molecular weight is 395 g/mol. The van der Waals surface area contributed by atoms with Crippen LogP contribution in [0, 0.1) is 0 Å². The standard InChI is InChI=1S/C25H34N2O2/c1-20-12-11-13-21(2)27(20)19-10-9-18-26-25(28)24(22-14-5-3-6-15-22)29-23-16-7-4-8-17-23/h3-8,14-17,20-21,24H,9-13,18-19H2,1-2H3,(H,26,28)/t20-,21-,24+/m1/s1. The van der Waals surface area contributed by atoms with Crippen LogP contribution in [0.2, 0.25) is 0 Å². The van der Waals surface area contributed by atoms with Crippen molar-refractivity contribution in [1.82, 2.24) is 10.2 Å². The van der Waals surface area contributed by atoms with E-state index in [1.165, 1.54) is 19.3 Å². The molecule has 0 spiro atoms. The van der Waals surface area contributed by atoms with Gasteiger partial charge in [0, 0.05) is 24.2 Å². The number of amides is 1. The maximum Gasteiger partial charge on any atom is 0.265 e. The number of rotatable bonds is 9. The molecule has 0 saturated carbocycles. The largest absolute Gasteiger partial charge is 0.476 e. The molecule has 156 valence electrons. The first-order valence-electron chi connectivity index (χ1n) is 11.0. The van der Waals surface area contributed by atoms with E-state index >= 15 is 0 Å². The van der Waals surface area contributed by atoms with Crippen LogP contribution < -0.4 is 10.1 Å². The van der Waals surface area contributed by atoms with Gasteiger partial charge in [-0.15, -0.1) is 0 Å². The normalized spacial score (nSPS) is 20.8. The Morgan fingerprint density at radius 2 is 1.62 bits per heavy atom. The van der Waals surface area contributed by atoms with Crippen LogP contribution in [-0.2, 0) is 4.79 Å². The molecule has 1 fully saturated rings. The highest BCUT2D eigenvalue weighted by Crippen LogP contribution is 2.23. The first kappa shape index (κ1) is 21.4. The van der Waals surface area contributed by atoms with Gasteiger partial charge >= 0.3 is 0 Å². The molecule has 1 heterocycles. The number of hydrogen-bond acceptors (Lipinski definition) is 3. The van der Waals surface area contributed by atoms with Crippen molar-refractivity contribution in [3.63, 3.8) is 0 Å². The van der Waals surface area contributed by atoms with Gasteiger partial charge in [-0.25, -0.2) is 0 Å². The number of para-hydroxylation sites is 1. The van der Waals surface area contributed by atoms with Crippen molar-refractivity contribution < 1.29 is 9.53 Å². The SMILES string of the molecule is C[C@@H]1CCC[C@@H](C)N1CCCCNC(=O)[C@@H](Oc1ccccc1)c1ccccc1. The van der Waals surface area contributed by atoms with Gasteiger partial charge in [0.15, 0.2) is 0 Å². The fourth-order valence-corrected chi connectivity index (χ4v) is 4.18. The van der Waals surface area contributed by atoms with Crippen molar-refractivity contribution in [3.05, 3.63) is 66.2 Å². The minimum Gasteiger partial charge on any atom is -0.476 e. The van der Waals surface area contributed by atoms with E-state index in [1.54, 1.807) is 0 Å². The first-order valence-corrected chi connectivity index (χ1v) is 11.0. The Bertz CT molecular complexity index is 725. The van der Waals surface area contributed by atoms with Crippen LogP contribution in [0.1, 0.15) is 57.6 Å². The smallest absolute Gasteiger partial charge is 0.265 e. The lowest BCUT2D eigenvalue weighted by molar-refractivity contribution is -0.128. The molecular formula is C25H34N2O2. The van der Waals surface area contributed by atoms with Crippen LogP contribution in [0.3, 0.4) is 0 Å². The second-order valence-corrected chi connectivity index (χ2v) is 8.09. The monoisotopic (exact) mass is 394 g/mol. The van der Waals surface area contributed by atoms with Gasteiger partial charge in [-0.1, -0.05) is 55.0 Å². The molecule has 1 aliphatic heterocycles. The molecule has 29 heavy (non-hydrogen) atoms. The Morgan fingerprint density at radius 3 is 2.28 bits per heavy atom. The number of piperidine rings is 1. The van der Waals surface area contributed by atoms with Gasteiger partial charge < -0.3 is 10.1 Å². The van der Waals surface area contributed by atoms with Gasteiger partial charge in [0.25, 0.3) is 5.91 Å². The second kappa shape index (κ2) is 11.0. The molecule has 1 saturated heterocycles. The molecule has 4 nitrogen and oxygen atoms in total. The highest BCUT2D eigenvalue weighted by atomic mass is 16.5. The van der Waals surface area contributed by atoms with Crippen molar-refractivity contribution in [1.29, 1.82) is 0 Å². The van der Waals surface area contributed by atoms with Crippen LogP contribution in [0.4, 0.5) is 0 Å². The Labute approximate surface area is 175 Å². The maximum atomic E-state index is 12.9. The first-order chi connectivity index (χ1) is 14.1. The summed E-state index contributed by atoms with van der Waals surface area (Å²) in [6.07, 6.45) is 5.39. The quantitative estimate of drug-likeness (QED) is 0.611. The number of hydrogen-bond donors (Lipinski definition) is 1. The molecule has 0 bridgehead atoms. The molecule has 1 amide bonds. The topological polar surface area (TPSA) is 41.6 Å². The van der Waals surface area contributed by atoms with Crippen LogP contribution >= 0.6 is 0 Å². The third kappa shape index (κ3) is 6.33. The predicted molar refractivity (Wildman–Crippen MR) is 118 cm³/mol. The summed E-state index contributed by atoms with van der Waals surface area (Å²) < 4.78 is 6.02. The van der Waals surface area contributed by atoms with Crippen molar-refractivity contribution >= 4 is 5.91 Å². The predicted octanol–water partition coefficient (Wildman–Crippen LogP) is 4.97. The highest BCUT2D eigenvalue weighted by Gasteiger charge is 2.24. The Hall–Kier alpha value is -2.33. The lowest BCUT2D eigenvalue weighted by Crippen LogP contribution is -2.44. The summed E-state index contributed by atoms with van der Waals surface area (Å²) in [5.41, 5.74) is 0.866. The summed E-state index contributed by atoms with van der Waals surface area (Å²) >= 11 is 0. The summed E-state index contributed by atoms with van der Waals surface area (Å²) in [6.45, 7) is 6.46. The zero-order chi connectivity index (χ0) is 20.5. The van der Waals surface area contributed by atoms with E-state index in [2.05, 4.69) is 24.1 Å². The third-order valence-corrected chi connectivity index (χ3v) is 5.86. The molecular weight excluding hydrogens is 360 g/mol. The Morgan fingerprint density at radius 1 is 1.00 bits per heavy atom. The highest BCUT2D eigenvalue weighted by molar-refractivity contribution is 5.82. The van der Waals surface area contributed by atoms with Gasteiger partial charge in [-0.3, -0.25) is 9.69 Å². The number of ether oxygens (including phenoxy) is 1. The molecule has 3 atom stereocenters. The fourth-order valence-electron chi connectivity index (χ4n) is 4.18. The zero-order valence-corrected chi connectivity index (χ0v) is 17.7. The molecule has 0 unspecified atom stereocenters. The van der Waals surface area contributed by atoms with E-state index in [1.807, 2.05) is 60.7 Å². The average Bonchev–Trinajstić information content (AvgIpc) is 2.75. The Balaban J connectivity index is 1.49. The van der Waals surface area contributed by atoms with E-state index in [4.69, 9.17) is 4.74 Å². The number of likely N-dealkylation sites (tertiary alicyclic amines) is 1. The second-order valence-electron chi connectivity index (χ2n) is 8.09. The molecule has 0 aliphatic carbocycles. The molecule has 4 heteroatoms. The van der Waals surface area contributed by atoms with Crippen molar-refractivity contribution in [2.75, 3.05) is 13.1 Å². The van der Waals surface area contributed by atoms with Crippen LogP contribution in [0.5, 0.6) is 5.75 Å². The van der Waals surface area contributed by atoms with E-state index < -0.39 is 6.10 Å². The summed E-state index contributed by atoms with van der Waals surface area (Å²) in [6, 6.07) is 20.6. The van der Waals surface area contributed by atoms with E-state index in [0.29, 0.717) is 24.4 Å². The zero-order valence-electron chi connectivity index (χ0n) is 17.7. The van der Waals surface area contributed by atoms with E-state index in [9.17, 15) is 4.79 Å². The molecule has 2 aromatic rings. The van der Waals surface area contributed by atoms with Gasteiger partial charge in [0.2, 0.25) is 6.10 Å². The number of benzene rings is 2. The number of unbranched alkanes of at least 4 members (excludes halogenated alkanes) is 1. The number of nitrogens with one attached hydrogen (secondary N) is 1. The minimum atomic E-state index is -0.638. The number of carbonyl (C=O) groups is 1. The summed E-state index contributed by atoms with van der Waals surface area (Å²) in [5.74, 6) is 0.615. The summed E-state index contributed by atoms with van der Waals surface area (Å²) in [4.78, 5) is 15.5. The van der Waals surface area contributed by atoms with Gasteiger partial charge in [0.05, 0.1) is 0 Å². The van der Waals surface area contributed by atoms with Crippen molar-refractivity contribution in [2.24, 2.45) is 0 Å². The third-order valence-electron chi connectivity index (χ3n) is 5.86. The van der Waals surface area contributed by atoms with Crippen LogP contribution in [-0.4, -0.2) is 36.0 Å². The maximum absolute atomic E-state index is 12.9. The van der Waals surface area contributed by atoms with Crippen molar-refractivity contribution in [2.45, 2.75) is 64.1 Å². The van der Waals surface area contributed by atoms with Gasteiger partial charge in [0.1, 0.15) is 5.75 Å². The van der Waals surface area contributed by atoms with E-state index in [-0.39, 0.29) is 5.91 Å². The molecule has 0 radical (unpaired) electrons. The summed E-state index contributed by atoms with van der Waals surface area (Å²) in [7, 11) is 0. The molecule has 1 aliphatic rings. The number of nitrogens with zero attached hydrogens (tertiary/aromatic N) is 1. The molecule has 3 rings (SSSR count). The lowest BCUT2D eigenvalue weighted by atomic mass is 9.97. The number of carbonyl (C=O) groups excluding carboxylic acids is 1. The lowest BCUT2D eigenvalue weighted by Gasteiger charge is -2.39. The Kier molecular flexibility index (Phi) is 8.12. The molecule has 0 aromatic heterocycles. The van der Waals surface area contributed by atoms with Crippen LogP contribution in [0.15, 0.2) is 60.7 Å². The van der Waals surface area contributed by atoms with Gasteiger partial charge in [-0.05, 0) is 58.2 Å². The fraction of sp³-hybridized carbons (Fsp3) is 0.480. The van der Waals surface area contributed by atoms with E-state index in [0.717, 1.165) is 24.9 Å².